The van der Waals surface area contributed by atoms with Crippen molar-refractivity contribution in [1.82, 2.24) is 5.32 Å². The highest BCUT2D eigenvalue weighted by Crippen LogP contribution is 2.35. The maximum Gasteiger partial charge on any atom is 0.189 e. The third-order valence-electron chi connectivity index (χ3n) is 7.74. The molecule has 15 N–H and O–H groups in total. The Labute approximate surface area is 213 Å². The molecule has 0 aromatic carbocycles. The number of nitrogens with two attached hydrogens (primary N) is 4. The predicted octanol–water partition coefficient (Wildman–Crippen LogP) is -6.95. The second-order valence-corrected chi connectivity index (χ2v) is 10.3. The third-order valence-corrected chi connectivity index (χ3v) is 7.74. The molecule has 4 rings (SSSR count). The summed E-state index contributed by atoms with van der Waals surface area (Å²) < 4.78 is 29.2. The highest BCUT2D eigenvalue weighted by molar-refractivity contribution is 5.01. The quantitative estimate of drug-likeness (QED) is 0.149. The molecule has 0 aromatic heterocycles. The largest absolute Gasteiger partial charge is 0.394 e. The van der Waals surface area contributed by atoms with Crippen LogP contribution < -0.4 is 28.3 Å². The molecular formula is C21H41N5O11. The first-order chi connectivity index (χ1) is 17.5. The van der Waals surface area contributed by atoms with Gasteiger partial charge in [0.25, 0.3) is 0 Å². The molecule has 0 aromatic rings. The van der Waals surface area contributed by atoms with E-state index < -0.39 is 111 Å². The van der Waals surface area contributed by atoms with Crippen molar-refractivity contribution in [1.29, 1.82) is 0 Å². The molecule has 0 radical (unpaired) electrons. The van der Waals surface area contributed by atoms with Crippen LogP contribution in [0.4, 0.5) is 0 Å². The molecule has 16 heteroatoms. The highest BCUT2D eigenvalue weighted by Gasteiger charge is 2.54. The Kier molecular flexibility index (Phi) is 9.40. The molecule has 4 fully saturated rings. The standard InChI is InChI=1S/C21H41N5O11/c1-26-11-14(30)18-8(33-20(11)37-21-16(32)13(29)10(25)9(4-27)34-21)3-7(24)19(36-18)35-17-6(23)2-5(22)12(28)15(17)31/h5-21,26-32H,2-4,22-25H2,1H3/t5-,6+,7+,8-,9+,10+,11-,12+,13-,14+,15-,16+,17-,18-,19-,20+,21+/m0/s1. The third kappa shape index (κ3) is 5.66. The average molecular weight is 540 g/mol. The summed E-state index contributed by atoms with van der Waals surface area (Å²) in [5, 5.41) is 64.7. The number of hydrogen-bond acceptors (Lipinski definition) is 16. The number of fused-ring (bicyclic) bond motifs is 1. The second-order valence-electron chi connectivity index (χ2n) is 10.3. The molecule has 37 heavy (non-hydrogen) atoms. The summed E-state index contributed by atoms with van der Waals surface area (Å²) >= 11 is 0. The van der Waals surface area contributed by atoms with Gasteiger partial charge in [-0.15, -0.1) is 0 Å². The van der Waals surface area contributed by atoms with Crippen LogP contribution >= 0.6 is 0 Å². The minimum absolute atomic E-state index is 0.156. The van der Waals surface area contributed by atoms with E-state index in [4.69, 9.17) is 46.6 Å². The first-order valence-electron chi connectivity index (χ1n) is 12.5. The topological polar surface area (TPSA) is 284 Å². The zero-order valence-electron chi connectivity index (χ0n) is 20.5. The highest BCUT2D eigenvalue weighted by atomic mass is 16.8. The predicted molar refractivity (Wildman–Crippen MR) is 123 cm³/mol. The van der Waals surface area contributed by atoms with Crippen LogP contribution in [-0.4, -0.2) is 148 Å². The van der Waals surface area contributed by atoms with Crippen molar-refractivity contribution < 1.29 is 54.3 Å². The normalized spacial score (nSPS) is 55.1. The molecule has 3 aliphatic heterocycles. The van der Waals surface area contributed by atoms with E-state index in [1.54, 1.807) is 7.05 Å². The molecule has 0 bridgehead atoms. The number of nitrogens with one attached hydrogen (secondary N) is 1. The number of aliphatic hydroxyl groups excluding tert-OH is 6. The molecule has 17 atom stereocenters. The van der Waals surface area contributed by atoms with Gasteiger partial charge in [0.15, 0.2) is 18.9 Å². The van der Waals surface area contributed by atoms with Crippen molar-refractivity contribution in [3.63, 3.8) is 0 Å². The number of likely N-dealkylation sites (N-methyl/N-ethyl adjacent to an activating group) is 1. The van der Waals surface area contributed by atoms with E-state index in [1.165, 1.54) is 0 Å². The summed E-state index contributed by atoms with van der Waals surface area (Å²) in [6.45, 7) is -0.508. The molecular weight excluding hydrogens is 498 g/mol. The number of ether oxygens (including phenoxy) is 5. The Hall–Kier alpha value is -0.640. The van der Waals surface area contributed by atoms with Gasteiger partial charge in [-0.2, -0.15) is 0 Å². The van der Waals surface area contributed by atoms with Gasteiger partial charge < -0.3 is 82.6 Å². The average Bonchev–Trinajstić information content (AvgIpc) is 2.86. The smallest absolute Gasteiger partial charge is 0.189 e. The molecule has 16 nitrogen and oxygen atoms in total. The van der Waals surface area contributed by atoms with Crippen LogP contribution in [0.25, 0.3) is 0 Å². The van der Waals surface area contributed by atoms with Gasteiger partial charge >= 0.3 is 0 Å². The van der Waals surface area contributed by atoms with E-state index in [0.717, 1.165) is 0 Å². The fourth-order valence-electron chi connectivity index (χ4n) is 5.46. The summed E-state index contributed by atoms with van der Waals surface area (Å²) in [7, 11) is 1.55. The van der Waals surface area contributed by atoms with Crippen molar-refractivity contribution in [2.75, 3.05) is 13.7 Å². The lowest BCUT2D eigenvalue weighted by Crippen LogP contribution is -2.70. The van der Waals surface area contributed by atoms with Crippen LogP contribution in [0, 0.1) is 0 Å². The van der Waals surface area contributed by atoms with E-state index >= 15 is 0 Å². The zero-order chi connectivity index (χ0) is 27.2. The molecule has 1 aliphatic carbocycles. The van der Waals surface area contributed by atoms with E-state index in [9.17, 15) is 30.6 Å². The van der Waals surface area contributed by atoms with Crippen molar-refractivity contribution >= 4 is 0 Å². The molecule has 1 saturated carbocycles. The number of hydrogen-bond donors (Lipinski definition) is 11. The Morgan fingerprint density at radius 1 is 0.730 bits per heavy atom. The summed E-state index contributed by atoms with van der Waals surface area (Å²) in [6, 6.07) is -4.05. The maximum absolute atomic E-state index is 11.1. The maximum atomic E-state index is 11.1. The molecule has 0 amide bonds. The van der Waals surface area contributed by atoms with Crippen molar-refractivity contribution in [3.8, 4) is 0 Å². The fourth-order valence-corrected chi connectivity index (χ4v) is 5.46. The fraction of sp³-hybridized carbons (Fsp3) is 1.00. The minimum atomic E-state index is -1.54. The SMILES string of the molecule is CN[C@@H]1[C@@H](O[C@H]2O[C@H](CO)[C@@H](N)[C@H](O)[C@H]2O)O[C@H]2C[C@@H](N)[C@@H](O[C@@H]3[C@@H](O)[C@H](O)[C@@H](N)C[C@H]3N)O[C@@H]2[C@@H]1O. The van der Waals surface area contributed by atoms with Crippen molar-refractivity contribution in [2.45, 2.75) is 117 Å². The van der Waals surface area contributed by atoms with Gasteiger partial charge in [0, 0.05) is 12.1 Å². The van der Waals surface area contributed by atoms with Crippen molar-refractivity contribution in [2.24, 2.45) is 22.9 Å². The Balaban J connectivity index is 1.43. The van der Waals surface area contributed by atoms with Crippen LogP contribution in [0.2, 0.25) is 0 Å². The van der Waals surface area contributed by atoms with Crippen molar-refractivity contribution in [3.05, 3.63) is 0 Å². The molecule has 0 spiro atoms. The molecule has 4 aliphatic rings. The van der Waals surface area contributed by atoms with Gasteiger partial charge in [-0.25, -0.2) is 0 Å². The Morgan fingerprint density at radius 2 is 1.43 bits per heavy atom. The lowest BCUT2D eigenvalue weighted by molar-refractivity contribution is -0.373. The van der Waals surface area contributed by atoms with Gasteiger partial charge in [-0.1, -0.05) is 0 Å². The number of aliphatic hydroxyl groups is 6. The van der Waals surface area contributed by atoms with Crippen LogP contribution in [0.1, 0.15) is 12.8 Å². The second kappa shape index (κ2) is 11.8. The van der Waals surface area contributed by atoms with Crippen LogP contribution in [0.3, 0.4) is 0 Å². The number of rotatable bonds is 6. The van der Waals surface area contributed by atoms with Crippen LogP contribution in [0.15, 0.2) is 0 Å². The first-order valence-corrected chi connectivity index (χ1v) is 12.5. The Morgan fingerprint density at radius 3 is 2.08 bits per heavy atom. The van der Waals surface area contributed by atoms with E-state index in [-0.39, 0.29) is 12.8 Å². The molecule has 216 valence electrons. The zero-order valence-corrected chi connectivity index (χ0v) is 20.5. The van der Waals surface area contributed by atoms with Gasteiger partial charge in [-0.3, -0.25) is 0 Å². The minimum Gasteiger partial charge on any atom is -0.394 e. The Bertz CT molecular complexity index is 756. The summed E-state index contributed by atoms with van der Waals surface area (Å²) in [5.74, 6) is 0. The van der Waals surface area contributed by atoms with Gasteiger partial charge in [0.05, 0.1) is 36.9 Å². The van der Waals surface area contributed by atoms with Gasteiger partial charge in [0.2, 0.25) is 0 Å². The van der Waals surface area contributed by atoms with Crippen LogP contribution in [-0.2, 0) is 23.7 Å². The molecule has 3 saturated heterocycles. The van der Waals surface area contributed by atoms with E-state index in [1.807, 2.05) is 0 Å². The van der Waals surface area contributed by atoms with E-state index in [2.05, 4.69) is 5.32 Å². The lowest BCUT2D eigenvalue weighted by Gasteiger charge is -2.51. The summed E-state index contributed by atoms with van der Waals surface area (Å²) in [4.78, 5) is 0. The lowest BCUT2D eigenvalue weighted by atomic mass is 9.84. The van der Waals surface area contributed by atoms with Gasteiger partial charge in [-0.05, 0) is 19.9 Å². The molecule has 0 unspecified atom stereocenters. The van der Waals surface area contributed by atoms with Gasteiger partial charge in [0.1, 0.15) is 42.7 Å². The first kappa shape index (κ1) is 29.3. The summed E-state index contributed by atoms with van der Waals surface area (Å²) in [6.07, 6.45) is -13.7. The van der Waals surface area contributed by atoms with E-state index in [0.29, 0.717) is 0 Å². The monoisotopic (exact) mass is 539 g/mol. The van der Waals surface area contributed by atoms with Crippen LogP contribution in [0.5, 0.6) is 0 Å². The summed E-state index contributed by atoms with van der Waals surface area (Å²) in [5.41, 5.74) is 24.0. The molecule has 3 heterocycles.